The van der Waals surface area contributed by atoms with Gasteiger partial charge in [-0.25, -0.2) is 0 Å². The van der Waals surface area contributed by atoms with Crippen LogP contribution in [0.2, 0.25) is 0 Å². The van der Waals surface area contributed by atoms with E-state index in [9.17, 15) is 14.4 Å². The molecule has 2 heterocycles. The van der Waals surface area contributed by atoms with E-state index in [2.05, 4.69) is 16.9 Å². The lowest BCUT2D eigenvalue weighted by Gasteiger charge is -2.30. The average molecular weight is 348 g/mol. The van der Waals surface area contributed by atoms with Gasteiger partial charge in [-0.15, -0.1) is 11.8 Å². The Morgan fingerprint density at radius 1 is 1.08 bits per heavy atom. The lowest BCUT2D eigenvalue weighted by molar-refractivity contribution is -0.134. The average Bonchev–Trinajstić information content (AvgIpc) is 2.98. The maximum atomic E-state index is 12.1. The highest BCUT2D eigenvalue weighted by atomic mass is 32.2. The van der Waals surface area contributed by atoms with Crippen LogP contribution in [0.15, 0.2) is 24.3 Å². The number of fused-ring (bicyclic) bond motifs is 1. The summed E-state index contributed by atoms with van der Waals surface area (Å²) in [7, 11) is 0. The number of hydrazine groups is 1. The van der Waals surface area contributed by atoms with Crippen LogP contribution in [-0.4, -0.2) is 53.9 Å². The van der Waals surface area contributed by atoms with Gasteiger partial charge in [0.1, 0.15) is 6.54 Å². The predicted molar refractivity (Wildman–Crippen MR) is 92.3 cm³/mol. The summed E-state index contributed by atoms with van der Waals surface area (Å²) in [5.74, 6) is 0.213. The highest BCUT2D eigenvalue weighted by Gasteiger charge is 2.23. The molecule has 0 spiro atoms. The lowest BCUT2D eigenvalue weighted by atomic mass is 10.0. The molecule has 2 aliphatic heterocycles. The molecule has 8 heteroatoms. The third-order valence-corrected chi connectivity index (χ3v) is 4.99. The van der Waals surface area contributed by atoms with E-state index in [-0.39, 0.29) is 24.9 Å². The van der Waals surface area contributed by atoms with Crippen molar-refractivity contribution in [2.45, 2.75) is 12.8 Å². The molecule has 128 valence electrons. The Labute approximate surface area is 144 Å². The quantitative estimate of drug-likeness (QED) is 0.756. The Balaban J connectivity index is 1.46. The van der Waals surface area contributed by atoms with E-state index >= 15 is 0 Å². The summed E-state index contributed by atoms with van der Waals surface area (Å²) in [5, 5.41) is 0. The maximum Gasteiger partial charge on any atom is 0.258 e. The molecule has 0 radical (unpaired) electrons. The summed E-state index contributed by atoms with van der Waals surface area (Å²) < 4.78 is 0. The molecule has 3 amide bonds. The number of carbonyl (C=O) groups is 3. The van der Waals surface area contributed by atoms with Gasteiger partial charge in [-0.1, -0.05) is 18.2 Å². The molecule has 0 bridgehead atoms. The molecule has 0 aliphatic carbocycles. The summed E-state index contributed by atoms with van der Waals surface area (Å²) in [6.07, 6.45) is 2.03. The monoisotopic (exact) mass is 348 g/mol. The van der Waals surface area contributed by atoms with E-state index in [0.29, 0.717) is 11.6 Å². The molecule has 0 saturated carbocycles. The number of amides is 3. The molecule has 24 heavy (non-hydrogen) atoms. The molecule has 7 nitrogen and oxygen atoms in total. The standard InChI is InChI=1S/C16H20N4O3S/c21-14(17-18-15(22)9-20-11-24-10-16(20)23)8-19-7-3-5-12-4-1-2-6-13(12)19/h1-2,4,6H,3,5,7-11H2,(H,17,21)(H,18,22). The molecule has 2 N–H and O–H groups in total. The zero-order valence-electron chi connectivity index (χ0n) is 13.3. The zero-order valence-corrected chi connectivity index (χ0v) is 14.1. The second kappa shape index (κ2) is 7.57. The fourth-order valence-electron chi connectivity index (χ4n) is 2.88. The van der Waals surface area contributed by atoms with E-state index in [1.54, 1.807) is 0 Å². The number of anilines is 1. The second-order valence-corrected chi connectivity index (χ2v) is 6.77. The summed E-state index contributed by atoms with van der Waals surface area (Å²) in [6.45, 7) is 0.979. The number of nitrogens with zero attached hydrogens (tertiary/aromatic N) is 2. The van der Waals surface area contributed by atoms with E-state index in [0.717, 1.165) is 25.1 Å². The van der Waals surface area contributed by atoms with Crippen LogP contribution in [0.1, 0.15) is 12.0 Å². The Morgan fingerprint density at radius 3 is 2.50 bits per heavy atom. The van der Waals surface area contributed by atoms with Crippen molar-refractivity contribution in [1.29, 1.82) is 0 Å². The summed E-state index contributed by atoms with van der Waals surface area (Å²) >= 11 is 1.48. The van der Waals surface area contributed by atoms with E-state index in [1.165, 1.54) is 22.2 Å². The van der Waals surface area contributed by atoms with Gasteiger partial charge in [0, 0.05) is 12.2 Å². The van der Waals surface area contributed by atoms with Gasteiger partial charge in [-0.3, -0.25) is 25.2 Å². The van der Waals surface area contributed by atoms with Crippen molar-refractivity contribution in [3.63, 3.8) is 0 Å². The van der Waals surface area contributed by atoms with E-state index < -0.39 is 5.91 Å². The number of carbonyl (C=O) groups excluding carboxylic acids is 3. The molecule has 1 fully saturated rings. The van der Waals surface area contributed by atoms with Gasteiger partial charge in [0.15, 0.2) is 0 Å². The molecule has 2 aliphatic rings. The first-order chi connectivity index (χ1) is 11.6. The van der Waals surface area contributed by atoms with Crippen molar-refractivity contribution >= 4 is 35.2 Å². The van der Waals surface area contributed by atoms with Crippen molar-refractivity contribution in [3.8, 4) is 0 Å². The number of hydrogen-bond donors (Lipinski definition) is 2. The lowest BCUT2D eigenvalue weighted by Crippen LogP contribution is -2.50. The van der Waals surface area contributed by atoms with Crippen LogP contribution in [0, 0.1) is 0 Å². The molecule has 3 rings (SSSR count). The van der Waals surface area contributed by atoms with Crippen LogP contribution in [0.3, 0.4) is 0 Å². The van der Waals surface area contributed by atoms with Crippen LogP contribution in [-0.2, 0) is 20.8 Å². The number of thioether (sulfide) groups is 1. The molecule has 0 unspecified atom stereocenters. The fourth-order valence-corrected chi connectivity index (χ4v) is 3.79. The first-order valence-corrected chi connectivity index (χ1v) is 9.05. The van der Waals surface area contributed by atoms with Gasteiger partial charge in [-0.05, 0) is 24.5 Å². The summed E-state index contributed by atoms with van der Waals surface area (Å²) in [5.41, 5.74) is 7.11. The Hall–Kier alpha value is -2.22. The van der Waals surface area contributed by atoms with Gasteiger partial charge in [0.25, 0.3) is 11.8 Å². The van der Waals surface area contributed by atoms with Crippen LogP contribution < -0.4 is 15.8 Å². The van der Waals surface area contributed by atoms with Crippen molar-refractivity contribution < 1.29 is 14.4 Å². The van der Waals surface area contributed by atoms with Crippen LogP contribution in [0.5, 0.6) is 0 Å². The molecule has 1 aromatic rings. The molecule has 1 aromatic carbocycles. The number of benzene rings is 1. The Kier molecular flexibility index (Phi) is 5.24. The third-order valence-electron chi connectivity index (χ3n) is 4.04. The maximum absolute atomic E-state index is 12.1. The highest BCUT2D eigenvalue weighted by Crippen LogP contribution is 2.26. The summed E-state index contributed by atoms with van der Waals surface area (Å²) in [6, 6.07) is 8.05. The predicted octanol–water partition coefficient (Wildman–Crippen LogP) is 0.120. The fraction of sp³-hybridized carbons (Fsp3) is 0.438. The minimum absolute atomic E-state index is 0.0291. The summed E-state index contributed by atoms with van der Waals surface area (Å²) in [4.78, 5) is 38.8. The molecule has 0 aromatic heterocycles. The first-order valence-electron chi connectivity index (χ1n) is 7.89. The minimum Gasteiger partial charge on any atom is -0.362 e. The van der Waals surface area contributed by atoms with Crippen molar-refractivity contribution in [2.75, 3.05) is 36.2 Å². The first kappa shape index (κ1) is 16.6. The SMILES string of the molecule is O=C(CN1CSCC1=O)NNC(=O)CN1CCCc2ccccc21. The van der Waals surface area contributed by atoms with Gasteiger partial charge >= 0.3 is 0 Å². The van der Waals surface area contributed by atoms with E-state index in [4.69, 9.17) is 0 Å². The highest BCUT2D eigenvalue weighted by molar-refractivity contribution is 8.00. The Morgan fingerprint density at radius 2 is 1.79 bits per heavy atom. The normalized spacial score (nSPS) is 16.8. The molecular formula is C16H20N4O3S. The largest absolute Gasteiger partial charge is 0.362 e. The number of hydrogen-bond acceptors (Lipinski definition) is 5. The van der Waals surface area contributed by atoms with Gasteiger partial charge in [-0.2, -0.15) is 0 Å². The van der Waals surface area contributed by atoms with Gasteiger partial charge < -0.3 is 9.80 Å². The van der Waals surface area contributed by atoms with Crippen LogP contribution in [0.4, 0.5) is 5.69 Å². The topological polar surface area (TPSA) is 81.8 Å². The van der Waals surface area contributed by atoms with Gasteiger partial charge in [0.05, 0.1) is 18.2 Å². The molecule has 0 atom stereocenters. The van der Waals surface area contributed by atoms with Crippen molar-refractivity contribution in [3.05, 3.63) is 29.8 Å². The van der Waals surface area contributed by atoms with Crippen molar-refractivity contribution in [2.24, 2.45) is 0 Å². The number of rotatable bonds is 4. The van der Waals surface area contributed by atoms with Crippen LogP contribution in [0.25, 0.3) is 0 Å². The van der Waals surface area contributed by atoms with E-state index in [1.807, 2.05) is 23.1 Å². The van der Waals surface area contributed by atoms with Gasteiger partial charge in [0.2, 0.25) is 5.91 Å². The van der Waals surface area contributed by atoms with Crippen LogP contribution >= 0.6 is 11.8 Å². The smallest absolute Gasteiger partial charge is 0.258 e. The minimum atomic E-state index is -0.391. The number of aryl methyl sites for hydroxylation is 1. The third kappa shape index (κ3) is 4.00. The zero-order chi connectivity index (χ0) is 16.9. The van der Waals surface area contributed by atoms with Crippen molar-refractivity contribution in [1.82, 2.24) is 15.8 Å². The second-order valence-electron chi connectivity index (χ2n) is 5.82. The molecule has 1 saturated heterocycles. The Bertz CT molecular complexity index is 652. The molecular weight excluding hydrogens is 328 g/mol. The number of nitrogens with one attached hydrogen (secondary N) is 2. The number of para-hydroxylation sites is 1.